The molecule has 0 fully saturated rings. The van der Waals surface area contributed by atoms with Gasteiger partial charge in [0, 0.05) is 13.7 Å². The molecule has 0 aliphatic heterocycles. The molecule has 0 saturated carbocycles. The Kier molecular flexibility index (Phi) is 4.36. The van der Waals surface area contributed by atoms with Gasteiger partial charge in [-0.05, 0) is 24.1 Å². The molecule has 1 heterocycles. The Hall–Kier alpha value is -2.07. The van der Waals surface area contributed by atoms with Gasteiger partial charge in [0.2, 0.25) is 0 Å². The molecule has 0 spiro atoms. The summed E-state index contributed by atoms with van der Waals surface area (Å²) in [5.41, 5.74) is 2.74. The lowest BCUT2D eigenvalue weighted by Gasteiger charge is -2.18. The fraction of sp³-hybridized carbons (Fsp3) is 0.267. The fourth-order valence-electron chi connectivity index (χ4n) is 1.95. The molecule has 0 bridgehead atoms. The zero-order valence-electron chi connectivity index (χ0n) is 11.1. The van der Waals surface area contributed by atoms with Crippen LogP contribution < -0.4 is 5.32 Å². The van der Waals surface area contributed by atoms with Crippen molar-refractivity contribution in [1.82, 2.24) is 5.32 Å². The van der Waals surface area contributed by atoms with Crippen LogP contribution in [0, 0.1) is 6.92 Å². The normalized spacial score (nSPS) is 12.1. The Labute approximate surface area is 112 Å². The van der Waals surface area contributed by atoms with Gasteiger partial charge in [-0.3, -0.25) is 4.79 Å². The minimum Gasteiger partial charge on any atom is -0.472 e. The van der Waals surface area contributed by atoms with Crippen molar-refractivity contribution >= 4 is 5.91 Å². The molecule has 1 aromatic carbocycles. The number of ether oxygens (including phenoxy) is 1. The molecule has 0 radical (unpaired) electrons. The van der Waals surface area contributed by atoms with Crippen LogP contribution in [0.2, 0.25) is 0 Å². The molecule has 1 amide bonds. The molecule has 0 aliphatic rings. The summed E-state index contributed by atoms with van der Waals surface area (Å²) >= 11 is 0. The Bertz CT molecular complexity index is 534. The van der Waals surface area contributed by atoms with Gasteiger partial charge in [-0.2, -0.15) is 0 Å². The molecule has 0 saturated heterocycles. The number of methoxy groups -OCH3 is 1. The number of carbonyl (C=O) groups is 1. The lowest BCUT2D eigenvalue weighted by Crippen LogP contribution is -2.29. The fourth-order valence-corrected chi connectivity index (χ4v) is 1.95. The maximum atomic E-state index is 11.8. The zero-order chi connectivity index (χ0) is 13.7. The summed E-state index contributed by atoms with van der Waals surface area (Å²) in [5, 5.41) is 2.84. The lowest BCUT2D eigenvalue weighted by molar-refractivity contribution is 0.0825. The van der Waals surface area contributed by atoms with Crippen molar-refractivity contribution in [3.05, 3.63) is 59.5 Å². The van der Waals surface area contributed by atoms with E-state index in [4.69, 9.17) is 9.15 Å². The maximum Gasteiger partial charge on any atom is 0.254 e. The van der Waals surface area contributed by atoms with E-state index >= 15 is 0 Å². The highest BCUT2D eigenvalue weighted by molar-refractivity contribution is 5.93. The minimum absolute atomic E-state index is 0.156. The van der Waals surface area contributed by atoms with E-state index in [0.717, 1.165) is 11.1 Å². The molecular weight excluding hydrogens is 242 g/mol. The number of nitrogens with one attached hydrogen (secondary N) is 1. The monoisotopic (exact) mass is 259 g/mol. The van der Waals surface area contributed by atoms with Gasteiger partial charge >= 0.3 is 0 Å². The summed E-state index contributed by atoms with van der Waals surface area (Å²) in [7, 11) is 1.64. The number of rotatable bonds is 5. The van der Waals surface area contributed by atoms with Crippen LogP contribution in [0.5, 0.6) is 0 Å². The largest absolute Gasteiger partial charge is 0.472 e. The first-order chi connectivity index (χ1) is 9.22. The molecule has 0 aliphatic carbocycles. The molecule has 1 unspecified atom stereocenters. The number of furan rings is 1. The number of amides is 1. The zero-order valence-corrected chi connectivity index (χ0v) is 11.1. The number of hydrogen-bond acceptors (Lipinski definition) is 3. The van der Waals surface area contributed by atoms with E-state index in [1.807, 2.05) is 31.2 Å². The molecule has 4 heteroatoms. The molecule has 1 N–H and O–H groups in total. The molecule has 1 atom stereocenters. The summed E-state index contributed by atoms with van der Waals surface area (Å²) < 4.78 is 10.3. The van der Waals surface area contributed by atoms with Gasteiger partial charge in [-0.1, -0.05) is 24.3 Å². The van der Waals surface area contributed by atoms with Crippen molar-refractivity contribution in [3.63, 3.8) is 0 Å². The van der Waals surface area contributed by atoms with Gasteiger partial charge in [-0.15, -0.1) is 0 Å². The average Bonchev–Trinajstić information content (AvgIpc) is 2.95. The van der Waals surface area contributed by atoms with Crippen molar-refractivity contribution in [3.8, 4) is 0 Å². The second-order valence-corrected chi connectivity index (χ2v) is 4.30. The van der Waals surface area contributed by atoms with E-state index in [-0.39, 0.29) is 12.0 Å². The molecular formula is C15H17NO3. The van der Waals surface area contributed by atoms with Gasteiger partial charge in [0.25, 0.3) is 5.91 Å². The second-order valence-electron chi connectivity index (χ2n) is 4.30. The average molecular weight is 259 g/mol. The number of hydrogen-bond donors (Lipinski definition) is 1. The summed E-state index contributed by atoms with van der Waals surface area (Å²) in [5.74, 6) is -0.163. The van der Waals surface area contributed by atoms with E-state index < -0.39 is 0 Å². The Morgan fingerprint density at radius 2 is 2.16 bits per heavy atom. The van der Waals surface area contributed by atoms with Gasteiger partial charge in [0.15, 0.2) is 0 Å². The van der Waals surface area contributed by atoms with Crippen molar-refractivity contribution in [2.24, 2.45) is 0 Å². The number of benzene rings is 1. The van der Waals surface area contributed by atoms with Gasteiger partial charge in [0.05, 0.1) is 17.9 Å². The van der Waals surface area contributed by atoms with Crippen LogP contribution in [-0.4, -0.2) is 19.6 Å². The topological polar surface area (TPSA) is 51.5 Å². The standard InChI is InChI=1S/C15H17NO3/c1-11-5-3-4-6-13(11)14(18-2)9-16-15(17)12-7-8-19-10-12/h3-8,10,14H,9H2,1-2H3,(H,16,17). The third-order valence-electron chi connectivity index (χ3n) is 3.05. The molecule has 19 heavy (non-hydrogen) atoms. The van der Waals surface area contributed by atoms with Crippen LogP contribution in [0.15, 0.2) is 47.3 Å². The Morgan fingerprint density at radius 3 is 2.79 bits per heavy atom. The summed E-state index contributed by atoms with van der Waals surface area (Å²) in [6.07, 6.45) is 2.74. The number of aryl methyl sites for hydroxylation is 1. The minimum atomic E-state index is -0.163. The third-order valence-corrected chi connectivity index (χ3v) is 3.05. The van der Waals surface area contributed by atoms with E-state index in [9.17, 15) is 4.79 Å². The first-order valence-electron chi connectivity index (χ1n) is 6.11. The Balaban J connectivity index is 2.01. The summed E-state index contributed by atoms with van der Waals surface area (Å²) in [6, 6.07) is 9.61. The predicted molar refractivity (Wildman–Crippen MR) is 72.0 cm³/mol. The molecule has 1 aromatic heterocycles. The van der Waals surface area contributed by atoms with Crippen LogP contribution >= 0.6 is 0 Å². The van der Waals surface area contributed by atoms with Crippen molar-refractivity contribution in [2.75, 3.05) is 13.7 Å². The van der Waals surface area contributed by atoms with E-state index in [1.54, 1.807) is 13.2 Å². The second kappa shape index (κ2) is 6.20. The van der Waals surface area contributed by atoms with E-state index in [1.165, 1.54) is 12.5 Å². The lowest BCUT2D eigenvalue weighted by atomic mass is 10.0. The highest BCUT2D eigenvalue weighted by Gasteiger charge is 2.14. The van der Waals surface area contributed by atoms with Gasteiger partial charge in [-0.25, -0.2) is 0 Å². The molecule has 2 aromatic rings. The SMILES string of the molecule is COC(CNC(=O)c1ccoc1)c1ccccc1C. The van der Waals surface area contributed by atoms with Gasteiger partial charge in [0.1, 0.15) is 6.26 Å². The summed E-state index contributed by atoms with van der Waals surface area (Å²) in [6.45, 7) is 2.45. The van der Waals surface area contributed by atoms with Crippen LogP contribution in [0.4, 0.5) is 0 Å². The molecule has 100 valence electrons. The van der Waals surface area contributed by atoms with Crippen molar-refractivity contribution in [2.45, 2.75) is 13.0 Å². The van der Waals surface area contributed by atoms with Crippen LogP contribution in [0.3, 0.4) is 0 Å². The van der Waals surface area contributed by atoms with Crippen molar-refractivity contribution in [1.29, 1.82) is 0 Å². The predicted octanol–water partition coefficient (Wildman–Crippen LogP) is 2.71. The van der Waals surface area contributed by atoms with Crippen LogP contribution in [-0.2, 0) is 4.74 Å². The highest BCUT2D eigenvalue weighted by atomic mass is 16.5. The third kappa shape index (κ3) is 3.23. The van der Waals surface area contributed by atoms with Crippen molar-refractivity contribution < 1.29 is 13.9 Å². The highest BCUT2D eigenvalue weighted by Crippen LogP contribution is 2.19. The maximum absolute atomic E-state index is 11.8. The van der Waals surface area contributed by atoms with Crippen LogP contribution in [0.25, 0.3) is 0 Å². The van der Waals surface area contributed by atoms with Crippen LogP contribution in [0.1, 0.15) is 27.6 Å². The van der Waals surface area contributed by atoms with E-state index in [0.29, 0.717) is 12.1 Å². The molecule has 4 nitrogen and oxygen atoms in total. The summed E-state index contributed by atoms with van der Waals surface area (Å²) in [4.78, 5) is 11.8. The molecule has 2 rings (SSSR count). The van der Waals surface area contributed by atoms with Gasteiger partial charge < -0.3 is 14.5 Å². The number of carbonyl (C=O) groups excluding carboxylic acids is 1. The first kappa shape index (κ1) is 13.4. The Morgan fingerprint density at radius 1 is 1.37 bits per heavy atom. The quantitative estimate of drug-likeness (QED) is 0.898. The smallest absolute Gasteiger partial charge is 0.254 e. The first-order valence-corrected chi connectivity index (χ1v) is 6.11. The van der Waals surface area contributed by atoms with E-state index in [2.05, 4.69) is 5.32 Å².